The van der Waals surface area contributed by atoms with Crippen LogP contribution in [0.5, 0.6) is 0 Å². The van der Waals surface area contributed by atoms with Crippen molar-refractivity contribution in [2.24, 2.45) is 0 Å². The number of rotatable bonds is 2. The van der Waals surface area contributed by atoms with Crippen LogP contribution in [0, 0.1) is 0 Å². The first-order chi connectivity index (χ1) is 8.88. The number of fused-ring (bicyclic) bond motifs is 1. The van der Waals surface area contributed by atoms with Crippen molar-refractivity contribution in [3.05, 3.63) is 35.9 Å². The van der Waals surface area contributed by atoms with Gasteiger partial charge in [-0.15, -0.1) is 11.6 Å². The van der Waals surface area contributed by atoms with Gasteiger partial charge < -0.3 is 9.64 Å². The van der Waals surface area contributed by atoms with E-state index in [4.69, 9.17) is 21.3 Å². The van der Waals surface area contributed by atoms with Gasteiger partial charge in [0.05, 0.1) is 24.6 Å². The summed E-state index contributed by atoms with van der Waals surface area (Å²) in [6.45, 7) is 3.29. The Morgan fingerprint density at radius 2 is 2.00 bits per heavy atom. The summed E-state index contributed by atoms with van der Waals surface area (Å²) in [5.41, 5.74) is 2.12. The minimum Gasteiger partial charge on any atom is -0.378 e. The lowest BCUT2D eigenvalue weighted by Crippen LogP contribution is -2.37. The number of anilines is 1. The molecular weight excluding hydrogens is 248 g/mol. The molecule has 1 aromatic carbocycles. The first-order valence-electron chi connectivity index (χ1n) is 6.16. The van der Waals surface area contributed by atoms with Gasteiger partial charge in [0.1, 0.15) is 5.82 Å². The molecule has 0 aliphatic carbocycles. The van der Waals surface area contributed by atoms with E-state index in [1.807, 2.05) is 18.2 Å². The highest BCUT2D eigenvalue weighted by molar-refractivity contribution is 6.17. The van der Waals surface area contributed by atoms with E-state index in [2.05, 4.69) is 17.0 Å². The van der Waals surface area contributed by atoms with Crippen LogP contribution in [0.25, 0.3) is 10.9 Å². The van der Waals surface area contributed by atoms with Gasteiger partial charge in [-0.05, 0) is 12.1 Å². The highest BCUT2D eigenvalue weighted by Crippen LogP contribution is 2.25. The summed E-state index contributed by atoms with van der Waals surface area (Å²) in [6, 6.07) is 10.3. The molecule has 1 aliphatic rings. The van der Waals surface area contributed by atoms with Crippen molar-refractivity contribution in [1.29, 1.82) is 0 Å². The number of hydrogen-bond donors (Lipinski definition) is 0. The minimum atomic E-state index is 0.491. The molecule has 1 aromatic heterocycles. The summed E-state index contributed by atoms with van der Waals surface area (Å²) in [5, 5.41) is 1.14. The Balaban J connectivity index is 2.08. The van der Waals surface area contributed by atoms with Crippen LogP contribution < -0.4 is 4.90 Å². The maximum absolute atomic E-state index is 6.05. The first kappa shape index (κ1) is 11.8. The van der Waals surface area contributed by atoms with Crippen LogP contribution in [0.1, 0.15) is 5.56 Å². The van der Waals surface area contributed by atoms with Gasteiger partial charge in [-0.3, -0.25) is 0 Å². The summed E-state index contributed by atoms with van der Waals surface area (Å²) in [7, 11) is 0. The van der Waals surface area contributed by atoms with Crippen molar-refractivity contribution < 1.29 is 4.74 Å². The van der Waals surface area contributed by atoms with Crippen molar-refractivity contribution in [2.45, 2.75) is 5.88 Å². The fourth-order valence-corrected chi connectivity index (χ4v) is 2.49. The first-order valence-corrected chi connectivity index (χ1v) is 6.69. The highest BCUT2D eigenvalue weighted by Gasteiger charge is 2.16. The molecule has 1 aliphatic heterocycles. The average Bonchev–Trinajstić information content (AvgIpc) is 2.46. The lowest BCUT2D eigenvalue weighted by molar-refractivity contribution is 0.122. The molecule has 0 N–H and O–H groups in total. The molecule has 0 unspecified atom stereocenters. The number of pyridine rings is 1. The molecule has 4 heteroatoms. The van der Waals surface area contributed by atoms with Crippen LogP contribution in [-0.2, 0) is 10.6 Å². The monoisotopic (exact) mass is 262 g/mol. The predicted octanol–water partition coefficient (Wildman–Crippen LogP) is 2.81. The molecule has 0 radical (unpaired) electrons. The maximum atomic E-state index is 6.05. The maximum Gasteiger partial charge on any atom is 0.133 e. The van der Waals surface area contributed by atoms with Crippen LogP contribution >= 0.6 is 11.6 Å². The zero-order valence-electron chi connectivity index (χ0n) is 10.1. The van der Waals surface area contributed by atoms with E-state index < -0.39 is 0 Å². The zero-order valence-corrected chi connectivity index (χ0v) is 10.9. The quantitative estimate of drug-likeness (QED) is 0.779. The minimum absolute atomic E-state index is 0.491. The summed E-state index contributed by atoms with van der Waals surface area (Å²) in [6.07, 6.45) is 0. The van der Waals surface area contributed by atoms with Gasteiger partial charge in [-0.2, -0.15) is 0 Å². The zero-order chi connectivity index (χ0) is 12.4. The predicted molar refractivity (Wildman–Crippen MR) is 74.3 cm³/mol. The lowest BCUT2D eigenvalue weighted by atomic mass is 10.1. The molecule has 2 aromatic rings. The fourth-order valence-electron chi connectivity index (χ4n) is 2.30. The van der Waals surface area contributed by atoms with Crippen molar-refractivity contribution in [3.63, 3.8) is 0 Å². The summed E-state index contributed by atoms with van der Waals surface area (Å²) >= 11 is 6.05. The van der Waals surface area contributed by atoms with E-state index in [0.29, 0.717) is 5.88 Å². The van der Waals surface area contributed by atoms with Gasteiger partial charge in [-0.25, -0.2) is 4.98 Å². The van der Waals surface area contributed by atoms with Crippen molar-refractivity contribution >= 4 is 28.3 Å². The van der Waals surface area contributed by atoms with E-state index in [-0.39, 0.29) is 0 Å². The standard InChI is InChI=1S/C14H15ClN2O/c15-10-12-9-11-3-1-2-4-13(11)16-14(12)17-5-7-18-8-6-17/h1-4,9H,5-8,10H2. The number of nitrogens with zero attached hydrogens (tertiary/aromatic N) is 2. The Morgan fingerprint density at radius 1 is 1.22 bits per heavy atom. The van der Waals surface area contributed by atoms with E-state index in [0.717, 1.165) is 48.6 Å². The number of morpholine rings is 1. The molecule has 18 heavy (non-hydrogen) atoms. The Kier molecular flexibility index (Phi) is 3.35. The van der Waals surface area contributed by atoms with Gasteiger partial charge in [0, 0.05) is 24.0 Å². The molecule has 3 rings (SSSR count). The number of halogens is 1. The molecule has 0 spiro atoms. The second-order valence-corrected chi connectivity index (χ2v) is 4.66. The van der Waals surface area contributed by atoms with E-state index in [1.54, 1.807) is 0 Å². The third-order valence-corrected chi connectivity index (χ3v) is 3.52. The molecule has 1 fully saturated rings. The van der Waals surface area contributed by atoms with Crippen LogP contribution in [0.2, 0.25) is 0 Å². The van der Waals surface area contributed by atoms with E-state index in [9.17, 15) is 0 Å². The Hall–Kier alpha value is -1.32. The van der Waals surface area contributed by atoms with Gasteiger partial charge >= 0.3 is 0 Å². The number of benzene rings is 1. The highest BCUT2D eigenvalue weighted by atomic mass is 35.5. The number of para-hydroxylation sites is 1. The number of ether oxygens (including phenoxy) is 1. The topological polar surface area (TPSA) is 25.4 Å². The molecule has 0 saturated carbocycles. The van der Waals surface area contributed by atoms with Gasteiger partial charge in [0.15, 0.2) is 0 Å². The molecule has 0 amide bonds. The van der Waals surface area contributed by atoms with Gasteiger partial charge in [-0.1, -0.05) is 18.2 Å². The Labute approximate surface area is 111 Å². The fraction of sp³-hybridized carbons (Fsp3) is 0.357. The molecule has 1 saturated heterocycles. The van der Waals surface area contributed by atoms with Crippen LogP contribution in [-0.4, -0.2) is 31.3 Å². The van der Waals surface area contributed by atoms with E-state index >= 15 is 0 Å². The van der Waals surface area contributed by atoms with Gasteiger partial charge in [0.2, 0.25) is 0 Å². The van der Waals surface area contributed by atoms with Gasteiger partial charge in [0.25, 0.3) is 0 Å². The second kappa shape index (κ2) is 5.12. The summed E-state index contributed by atoms with van der Waals surface area (Å²) in [5.74, 6) is 1.50. The molecular formula is C14H15ClN2O. The van der Waals surface area contributed by atoms with Crippen molar-refractivity contribution in [3.8, 4) is 0 Å². The molecule has 94 valence electrons. The second-order valence-electron chi connectivity index (χ2n) is 4.40. The number of hydrogen-bond acceptors (Lipinski definition) is 3. The Bertz CT molecular complexity index is 552. The van der Waals surface area contributed by atoms with Crippen LogP contribution in [0.15, 0.2) is 30.3 Å². The third-order valence-electron chi connectivity index (χ3n) is 3.23. The average molecular weight is 263 g/mol. The normalized spacial score (nSPS) is 16.2. The molecule has 0 bridgehead atoms. The number of alkyl halides is 1. The van der Waals surface area contributed by atoms with Crippen molar-refractivity contribution in [2.75, 3.05) is 31.2 Å². The molecule has 3 nitrogen and oxygen atoms in total. The molecule has 0 atom stereocenters. The summed E-state index contributed by atoms with van der Waals surface area (Å²) < 4.78 is 5.38. The van der Waals surface area contributed by atoms with Crippen LogP contribution in [0.4, 0.5) is 5.82 Å². The largest absolute Gasteiger partial charge is 0.378 e. The summed E-state index contributed by atoms with van der Waals surface area (Å²) in [4.78, 5) is 7.01. The smallest absolute Gasteiger partial charge is 0.133 e. The number of aromatic nitrogens is 1. The SMILES string of the molecule is ClCc1cc2ccccc2nc1N1CCOCC1. The lowest BCUT2D eigenvalue weighted by Gasteiger charge is -2.29. The van der Waals surface area contributed by atoms with Crippen molar-refractivity contribution in [1.82, 2.24) is 4.98 Å². The van der Waals surface area contributed by atoms with E-state index in [1.165, 1.54) is 0 Å². The van der Waals surface area contributed by atoms with Crippen LogP contribution in [0.3, 0.4) is 0 Å². The molecule has 2 heterocycles. The Morgan fingerprint density at radius 3 is 2.78 bits per heavy atom. The third kappa shape index (κ3) is 2.16.